The fraction of sp³-hybridized carbons (Fsp3) is 0.133. The quantitative estimate of drug-likeness (QED) is 0.843. The van der Waals surface area contributed by atoms with Crippen LogP contribution in [0.15, 0.2) is 40.9 Å². The molecule has 104 valence electrons. The van der Waals surface area contributed by atoms with Gasteiger partial charge in [-0.3, -0.25) is 4.79 Å². The van der Waals surface area contributed by atoms with Gasteiger partial charge in [0.25, 0.3) is 5.91 Å². The van der Waals surface area contributed by atoms with Gasteiger partial charge >= 0.3 is 0 Å². The third kappa shape index (κ3) is 3.30. The van der Waals surface area contributed by atoms with Crippen molar-refractivity contribution in [2.45, 2.75) is 6.92 Å². The molecule has 2 aromatic rings. The summed E-state index contributed by atoms with van der Waals surface area (Å²) in [5, 5.41) is 2.83. The zero-order chi connectivity index (χ0) is 14.7. The molecule has 0 saturated heterocycles. The molecule has 2 aromatic carbocycles. The number of benzene rings is 2. The van der Waals surface area contributed by atoms with Crippen LogP contribution >= 0.6 is 15.9 Å². The van der Waals surface area contributed by atoms with Gasteiger partial charge in [-0.05, 0) is 58.7 Å². The molecule has 0 spiro atoms. The number of amides is 1. The summed E-state index contributed by atoms with van der Waals surface area (Å²) in [7, 11) is 1.58. The first-order valence-electron chi connectivity index (χ1n) is 6.01. The predicted octanol–water partition coefficient (Wildman–Crippen LogP) is 3.60. The van der Waals surface area contributed by atoms with Crippen LogP contribution in [0.4, 0.5) is 11.4 Å². The number of halogens is 1. The van der Waals surface area contributed by atoms with Crippen LogP contribution in [-0.2, 0) is 0 Å². The molecule has 0 unspecified atom stereocenters. The van der Waals surface area contributed by atoms with Crippen LogP contribution in [0.25, 0.3) is 0 Å². The first-order valence-corrected chi connectivity index (χ1v) is 6.81. The molecule has 0 aromatic heterocycles. The summed E-state index contributed by atoms with van der Waals surface area (Å²) in [4.78, 5) is 12.2. The second-order valence-electron chi connectivity index (χ2n) is 4.43. The summed E-state index contributed by atoms with van der Waals surface area (Å²) in [5.74, 6) is 0.460. The molecule has 0 heterocycles. The van der Waals surface area contributed by atoms with Crippen molar-refractivity contribution < 1.29 is 9.53 Å². The van der Waals surface area contributed by atoms with E-state index in [1.165, 1.54) is 0 Å². The van der Waals surface area contributed by atoms with E-state index in [-0.39, 0.29) is 5.91 Å². The lowest BCUT2D eigenvalue weighted by atomic mass is 10.1. The van der Waals surface area contributed by atoms with Crippen LogP contribution in [0.3, 0.4) is 0 Å². The summed E-state index contributed by atoms with van der Waals surface area (Å²) < 4.78 is 5.93. The largest absolute Gasteiger partial charge is 0.497 e. The normalized spacial score (nSPS) is 10.2. The Morgan fingerprint density at radius 3 is 2.65 bits per heavy atom. The Morgan fingerprint density at radius 2 is 2.00 bits per heavy atom. The van der Waals surface area contributed by atoms with E-state index in [0.717, 1.165) is 10.0 Å². The molecule has 2 rings (SSSR count). The van der Waals surface area contributed by atoms with Gasteiger partial charge in [-0.25, -0.2) is 0 Å². The van der Waals surface area contributed by atoms with Crippen molar-refractivity contribution in [2.75, 3.05) is 18.2 Å². The van der Waals surface area contributed by atoms with Crippen LogP contribution in [0.2, 0.25) is 0 Å². The Balaban J connectivity index is 2.27. The molecule has 5 heteroatoms. The zero-order valence-electron chi connectivity index (χ0n) is 11.2. The average molecular weight is 335 g/mol. The Hall–Kier alpha value is -2.01. The van der Waals surface area contributed by atoms with Crippen molar-refractivity contribution in [3.63, 3.8) is 0 Å². The lowest BCUT2D eigenvalue weighted by Crippen LogP contribution is -2.13. The molecule has 20 heavy (non-hydrogen) atoms. The number of hydrogen-bond acceptors (Lipinski definition) is 3. The second-order valence-corrected chi connectivity index (χ2v) is 5.29. The number of anilines is 2. The van der Waals surface area contributed by atoms with Crippen molar-refractivity contribution in [3.05, 3.63) is 52.0 Å². The van der Waals surface area contributed by atoms with Gasteiger partial charge in [0.1, 0.15) is 5.75 Å². The van der Waals surface area contributed by atoms with Crippen molar-refractivity contribution >= 4 is 33.2 Å². The van der Waals surface area contributed by atoms with Gasteiger partial charge in [-0.2, -0.15) is 0 Å². The smallest absolute Gasteiger partial charge is 0.255 e. The molecule has 0 radical (unpaired) electrons. The molecule has 0 aliphatic rings. The zero-order valence-corrected chi connectivity index (χ0v) is 12.8. The summed E-state index contributed by atoms with van der Waals surface area (Å²) in [5.41, 5.74) is 8.44. The Morgan fingerprint density at radius 1 is 1.25 bits per heavy atom. The van der Waals surface area contributed by atoms with Crippen LogP contribution in [0.5, 0.6) is 5.75 Å². The topological polar surface area (TPSA) is 64.3 Å². The monoisotopic (exact) mass is 334 g/mol. The maximum absolute atomic E-state index is 12.2. The number of ether oxygens (including phenoxy) is 1. The Labute approximate surface area is 126 Å². The summed E-state index contributed by atoms with van der Waals surface area (Å²) in [6, 6.07) is 10.6. The van der Waals surface area contributed by atoms with E-state index in [1.807, 2.05) is 25.1 Å². The highest BCUT2D eigenvalue weighted by atomic mass is 79.9. The van der Waals surface area contributed by atoms with Crippen LogP contribution in [0.1, 0.15) is 15.9 Å². The van der Waals surface area contributed by atoms with Crippen LogP contribution in [-0.4, -0.2) is 13.0 Å². The van der Waals surface area contributed by atoms with Crippen LogP contribution < -0.4 is 15.8 Å². The van der Waals surface area contributed by atoms with Crippen LogP contribution in [0, 0.1) is 6.92 Å². The molecule has 0 aliphatic carbocycles. The van der Waals surface area contributed by atoms with Gasteiger partial charge in [0, 0.05) is 21.8 Å². The third-order valence-electron chi connectivity index (χ3n) is 2.78. The summed E-state index contributed by atoms with van der Waals surface area (Å²) in [6.45, 7) is 1.90. The van der Waals surface area contributed by atoms with Gasteiger partial charge in [0.05, 0.1) is 12.8 Å². The maximum atomic E-state index is 12.2. The molecule has 0 atom stereocenters. The summed E-state index contributed by atoms with van der Waals surface area (Å²) >= 11 is 3.39. The van der Waals surface area contributed by atoms with Gasteiger partial charge in [0.15, 0.2) is 0 Å². The first-order chi connectivity index (χ1) is 9.49. The number of methoxy groups -OCH3 is 1. The van der Waals surface area contributed by atoms with Gasteiger partial charge < -0.3 is 15.8 Å². The predicted molar refractivity (Wildman–Crippen MR) is 84.2 cm³/mol. The minimum atomic E-state index is -0.214. The minimum Gasteiger partial charge on any atom is -0.497 e. The maximum Gasteiger partial charge on any atom is 0.255 e. The fourth-order valence-electron chi connectivity index (χ4n) is 1.87. The van der Waals surface area contributed by atoms with Gasteiger partial charge in [-0.15, -0.1) is 0 Å². The number of nitrogens with two attached hydrogens (primary N) is 1. The molecule has 4 nitrogen and oxygen atoms in total. The Kier molecular flexibility index (Phi) is 4.29. The lowest BCUT2D eigenvalue weighted by Gasteiger charge is -2.10. The molecular formula is C15H15BrN2O2. The highest BCUT2D eigenvalue weighted by molar-refractivity contribution is 9.10. The van der Waals surface area contributed by atoms with E-state index < -0.39 is 0 Å². The van der Waals surface area contributed by atoms with Crippen molar-refractivity contribution in [1.82, 2.24) is 0 Å². The van der Waals surface area contributed by atoms with E-state index >= 15 is 0 Å². The molecule has 0 bridgehead atoms. The minimum absolute atomic E-state index is 0.214. The SMILES string of the molecule is COc1ccc(Br)c(NC(=O)c2cc(C)cc(N)c2)c1. The number of nitrogens with one attached hydrogen (secondary N) is 1. The van der Waals surface area contributed by atoms with Crippen molar-refractivity contribution in [3.8, 4) is 5.75 Å². The number of rotatable bonds is 3. The first kappa shape index (κ1) is 14.4. The lowest BCUT2D eigenvalue weighted by molar-refractivity contribution is 0.102. The molecular weight excluding hydrogens is 320 g/mol. The average Bonchev–Trinajstić information content (AvgIpc) is 2.40. The third-order valence-corrected chi connectivity index (χ3v) is 3.48. The number of carbonyl (C=O) groups excluding carboxylic acids is 1. The van der Waals surface area contributed by atoms with E-state index in [1.54, 1.807) is 25.3 Å². The molecule has 0 fully saturated rings. The van der Waals surface area contributed by atoms with E-state index in [0.29, 0.717) is 22.7 Å². The number of aryl methyl sites for hydroxylation is 1. The molecule has 0 saturated carbocycles. The standard InChI is InChI=1S/C15H15BrN2O2/c1-9-5-10(7-11(17)6-9)15(19)18-14-8-12(20-2)3-4-13(14)16/h3-8H,17H2,1-2H3,(H,18,19). The highest BCUT2D eigenvalue weighted by Crippen LogP contribution is 2.27. The highest BCUT2D eigenvalue weighted by Gasteiger charge is 2.10. The molecule has 0 aliphatic heterocycles. The molecule has 1 amide bonds. The van der Waals surface area contributed by atoms with Gasteiger partial charge in [0.2, 0.25) is 0 Å². The van der Waals surface area contributed by atoms with E-state index in [2.05, 4.69) is 21.2 Å². The Bertz CT molecular complexity index is 636. The van der Waals surface area contributed by atoms with Gasteiger partial charge in [-0.1, -0.05) is 0 Å². The fourth-order valence-corrected chi connectivity index (χ4v) is 2.21. The number of hydrogen-bond donors (Lipinski definition) is 2. The second kappa shape index (κ2) is 5.96. The summed E-state index contributed by atoms with van der Waals surface area (Å²) in [6.07, 6.45) is 0. The van der Waals surface area contributed by atoms with E-state index in [9.17, 15) is 4.79 Å². The molecule has 3 N–H and O–H groups in total. The number of nitrogen functional groups attached to an aromatic ring is 1. The number of carbonyl (C=O) groups is 1. The van der Waals surface area contributed by atoms with Crippen molar-refractivity contribution in [2.24, 2.45) is 0 Å². The van der Waals surface area contributed by atoms with Crippen molar-refractivity contribution in [1.29, 1.82) is 0 Å². The van der Waals surface area contributed by atoms with E-state index in [4.69, 9.17) is 10.5 Å².